The van der Waals surface area contributed by atoms with Crippen LogP contribution in [0.25, 0.3) is 0 Å². The second-order valence-corrected chi connectivity index (χ2v) is 19.0. The van der Waals surface area contributed by atoms with Crippen molar-refractivity contribution in [1.29, 1.82) is 0 Å². The fraction of sp³-hybridized carbons (Fsp3) is 0.727. The number of nitrogens with one attached hydrogen (secondary N) is 6. The van der Waals surface area contributed by atoms with Crippen LogP contribution in [0.1, 0.15) is 96.8 Å². The molecule has 72 heavy (non-hydrogen) atoms. The molecule has 0 radical (unpaired) electrons. The van der Waals surface area contributed by atoms with E-state index >= 15 is 0 Å². The number of unbranched alkanes of at least 4 members (excludes halogenated alkanes) is 2. The van der Waals surface area contributed by atoms with Crippen molar-refractivity contribution in [1.82, 2.24) is 36.8 Å². The first-order chi connectivity index (χ1) is 34.1. The van der Waals surface area contributed by atoms with Crippen molar-refractivity contribution in [2.24, 2.45) is 45.1 Å². The number of hydrogen-bond donors (Lipinski definition) is 15. The van der Waals surface area contributed by atoms with Gasteiger partial charge in [0.15, 0.2) is 11.7 Å². The van der Waals surface area contributed by atoms with E-state index in [9.17, 15) is 57.6 Å². The zero-order valence-corrected chi connectivity index (χ0v) is 42.4. The molecule has 1 saturated heterocycles. The maximum Gasteiger partial charge on any atom is 0.331 e. The van der Waals surface area contributed by atoms with E-state index in [1.807, 2.05) is 0 Å². The number of aliphatic carboxylic acids is 1. The van der Waals surface area contributed by atoms with Crippen molar-refractivity contribution < 1.29 is 57.6 Å². The van der Waals surface area contributed by atoms with E-state index in [1.54, 1.807) is 0 Å². The maximum atomic E-state index is 14.1. The minimum absolute atomic E-state index is 0.0133. The molecule has 1 aliphatic rings. The Balaban J connectivity index is 3.13. The molecule has 22 N–H and O–H groups in total. The largest absolute Gasteiger partial charge is 0.478 e. The fourth-order valence-electron chi connectivity index (χ4n) is 7.45. The quantitative estimate of drug-likeness (QED) is 0.0119. The van der Waals surface area contributed by atoms with Crippen LogP contribution in [0.5, 0.6) is 0 Å². The Morgan fingerprint density at radius 1 is 0.764 bits per heavy atom. The number of Topliss-reactive ketones (excluding diaryl/α,β-unsaturated/α-hetero) is 1. The summed E-state index contributed by atoms with van der Waals surface area (Å²) >= 11 is 0. The molecule has 28 heteroatoms. The van der Waals surface area contributed by atoms with E-state index < -0.39 is 125 Å². The maximum absolute atomic E-state index is 14.1. The molecule has 27 nitrogen and oxygen atoms in total. The summed E-state index contributed by atoms with van der Waals surface area (Å²) in [5, 5.41) is 35.1. The number of nitrogens with zero attached hydrogens (tertiary/aromatic N) is 2. The molecule has 0 saturated carbocycles. The molecule has 410 valence electrons. The molecule has 7 amide bonds. The lowest BCUT2D eigenvalue weighted by Gasteiger charge is -2.30. The number of carboxylic acids is 1. The molecule has 0 aliphatic carbocycles. The number of aliphatic imine (C=N–C) groups is 1. The van der Waals surface area contributed by atoms with Crippen LogP contribution in [-0.2, 0) is 54.0 Å². The number of ketones is 1. The van der Waals surface area contributed by atoms with Gasteiger partial charge in [0.1, 0.15) is 30.2 Å². The van der Waals surface area contributed by atoms with E-state index in [1.165, 1.54) is 24.2 Å². The monoisotopic (exact) mass is 1040 g/mol. The molecular weight excluding hydrogens is 963 g/mol. The number of carbonyl (C=O) groups is 9. The van der Waals surface area contributed by atoms with Gasteiger partial charge in [0.2, 0.25) is 41.4 Å². The minimum Gasteiger partial charge on any atom is -0.478 e. The average Bonchev–Trinajstić information content (AvgIpc) is 3.84. The minimum atomic E-state index is -1.56. The normalized spacial score (nSPS) is 16.9. The molecule has 1 aliphatic heterocycles. The second-order valence-electron chi connectivity index (χ2n) is 17.4. The Kier molecular flexibility index (Phi) is 31.7. The predicted molar refractivity (Wildman–Crippen MR) is 269 cm³/mol. The topological polar surface area (TPSA) is 481 Å². The van der Waals surface area contributed by atoms with E-state index in [-0.39, 0.29) is 94.7 Å². The van der Waals surface area contributed by atoms with Gasteiger partial charge in [0.25, 0.3) is 0 Å². The van der Waals surface area contributed by atoms with Gasteiger partial charge < -0.3 is 87.1 Å². The van der Waals surface area contributed by atoms with E-state index in [2.05, 4.69) is 36.9 Å². The summed E-state index contributed by atoms with van der Waals surface area (Å²) in [4.78, 5) is 124. The number of guanidine groups is 1. The zero-order chi connectivity index (χ0) is 54.3. The first-order valence-electron chi connectivity index (χ1n) is 24.2. The molecule has 9 atom stereocenters. The Bertz CT molecular complexity index is 1890. The third-order valence-corrected chi connectivity index (χ3v) is 12.4. The van der Waals surface area contributed by atoms with E-state index in [0.29, 0.717) is 45.2 Å². The first-order valence-corrected chi connectivity index (χ1v) is 26.0. The van der Waals surface area contributed by atoms with Crippen LogP contribution < -0.4 is 72.0 Å². The summed E-state index contributed by atoms with van der Waals surface area (Å²) < 4.78 is 12.2. The van der Waals surface area contributed by atoms with Gasteiger partial charge in [0, 0.05) is 54.4 Å². The number of amides is 7. The third-order valence-electron chi connectivity index (χ3n) is 11.6. The molecule has 0 bridgehead atoms. The summed E-state index contributed by atoms with van der Waals surface area (Å²) in [6.07, 6.45) is 4.43. The third kappa shape index (κ3) is 24.7. The highest BCUT2D eigenvalue weighted by molar-refractivity contribution is 7.84. The molecule has 1 rings (SSSR count). The number of carboxylic acid groups (broad SMARTS) is 1. The summed E-state index contributed by atoms with van der Waals surface area (Å²) in [7, 11) is -1.41. The van der Waals surface area contributed by atoms with Gasteiger partial charge in [-0.3, -0.25) is 47.6 Å². The highest BCUT2D eigenvalue weighted by atomic mass is 32.2. The number of aliphatic hydroxyl groups excluding tert-OH is 1. The number of nitrogens with two attached hydrogens (primary N) is 7. The van der Waals surface area contributed by atoms with Gasteiger partial charge in [-0.25, -0.2) is 4.79 Å². The van der Waals surface area contributed by atoms with Gasteiger partial charge in [-0.1, -0.05) is 12.5 Å². The second kappa shape index (κ2) is 35.5. The van der Waals surface area contributed by atoms with Crippen LogP contribution in [0.2, 0.25) is 0 Å². The number of rotatable bonds is 37. The van der Waals surface area contributed by atoms with Crippen LogP contribution >= 0.6 is 0 Å². The Labute approximate surface area is 422 Å². The van der Waals surface area contributed by atoms with Gasteiger partial charge in [0.05, 0.1) is 24.7 Å². The first kappa shape index (κ1) is 64.4. The molecule has 0 spiro atoms. The lowest BCUT2D eigenvalue weighted by atomic mass is 9.98. The van der Waals surface area contributed by atoms with Crippen molar-refractivity contribution in [3.8, 4) is 0 Å². The Morgan fingerprint density at radius 3 is 2.00 bits per heavy atom. The Morgan fingerprint density at radius 2 is 1.40 bits per heavy atom. The predicted octanol–water partition coefficient (Wildman–Crippen LogP) is -6.03. The van der Waals surface area contributed by atoms with Crippen LogP contribution in [0.3, 0.4) is 0 Å². The molecule has 1 heterocycles. The molecule has 0 aromatic rings. The number of aliphatic hydroxyl groups is 1. The molecule has 0 aromatic carbocycles. The van der Waals surface area contributed by atoms with E-state index in [4.69, 9.17) is 40.1 Å². The fourth-order valence-corrected chi connectivity index (χ4v) is 8.02. The summed E-state index contributed by atoms with van der Waals surface area (Å²) in [6.45, 7) is 1.31. The highest BCUT2D eigenvalue weighted by Gasteiger charge is 2.39. The molecule has 0 aromatic heterocycles. The lowest BCUT2D eigenvalue weighted by Crippen LogP contribution is -2.60. The van der Waals surface area contributed by atoms with Crippen LogP contribution in [-0.4, -0.2) is 185 Å². The van der Waals surface area contributed by atoms with Crippen LogP contribution in [0.15, 0.2) is 16.6 Å². The standard InChI is InChI=1S/C44H81N15O12S/c1-26(54-41(67)36(34(61)24-48)58-38(64)28(49)11-3-5-18-45)37(63)53-25-35(62)55-31(13-7-20-47)42(68)59-22-9-14-32(59)40(66)57-30(17-23-72(2)71)39(65)56-29(12-4-6-19-46)33(60)16-15-27(43(69)70)10-8-21-52-44(50)51/h10,26,28-32,34,36,61H,3-9,11-25,45-49H2,1-2H3,(H,53,63)(H,54,67)(H,55,62)(H,56,65)(H,57,66)(H,58,64)(H,69,70)(H4,50,51,52)/b27-10+/t26-,28-,29-,30-,31+,32-,34-,36-,72?/m0/s1. The smallest absolute Gasteiger partial charge is 0.331 e. The highest BCUT2D eigenvalue weighted by Crippen LogP contribution is 2.21. The van der Waals surface area contributed by atoms with Crippen molar-refractivity contribution in [3.05, 3.63) is 11.6 Å². The van der Waals surface area contributed by atoms with Crippen molar-refractivity contribution in [3.63, 3.8) is 0 Å². The summed E-state index contributed by atoms with van der Waals surface area (Å²) in [5.74, 6) is -7.31. The Hall–Kier alpha value is -5.65. The summed E-state index contributed by atoms with van der Waals surface area (Å²) in [6, 6.07) is -8.55. The molecular formula is C44H81N15O12S. The van der Waals surface area contributed by atoms with Gasteiger partial charge in [-0.2, -0.15) is 0 Å². The van der Waals surface area contributed by atoms with E-state index in [0.717, 1.165) is 0 Å². The van der Waals surface area contributed by atoms with Crippen molar-refractivity contribution in [2.45, 2.75) is 145 Å². The van der Waals surface area contributed by atoms with Crippen molar-refractivity contribution in [2.75, 3.05) is 57.8 Å². The van der Waals surface area contributed by atoms with Crippen LogP contribution in [0, 0.1) is 0 Å². The molecule has 1 unspecified atom stereocenters. The molecule has 1 fully saturated rings. The van der Waals surface area contributed by atoms with Gasteiger partial charge in [-0.15, -0.1) is 0 Å². The average molecular weight is 1040 g/mol. The number of likely N-dealkylation sites (tertiary alicyclic amines) is 1. The number of carbonyl (C=O) groups excluding carboxylic acids is 8. The lowest BCUT2D eigenvalue weighted by molar-refractivity contribution is -0.142. The van der Waals surface area contributed by atoms with Crippen molar-refractivity contribution >= 4 is 69.9 Å². The zero-order valence-electron chi connectivity index (χ0n) is 41.6. The summed E-state index contributed by atoms with van der Waals surface area (Å²) in [5.41, 5.74) is 39.0. The van der Waals surface area contributed by atoms with Gasteiger partial charge >= 0.3 is 5.97 Å². The SMILES string of the molecule is C[C@H](NC(=O)[C@@H](NC(=O)[C@@H](N)CCCCN)[C@@H](O)CN)C(=O)NCC(=O)N[C@H](CCCN)C(=O)N1CCC[C@H]1C(=O)N[C@@H](CCS(C)=O)C(=O)N[C@@H](CCCCN)C(=O)CC/C(=C\CCN=C(N)N)C(=O)O. The van der Waals surface area contributed by atoms with Gasteiger partial charge in [-0.05, 0) is 104 Å². The van der Waals surface area contributed by atoms with Crippen LogP contribution in [0.4, 0.5) is 0 Å². The number of hydrogen-bond acceptors (Lipinski definition) is 17.